The molecular weight excluding hydrogens is 448 g/mol. The second kappa shape index (κ2) is 9.92. The number of carbonyl (C=O) groups excluding carboxylic acids is 1. The van der Waals surface area contributed by atoms with Crippen molar-refractivity contribution in [1.82, 2.24) is 4.98 Å². The van der Waals surface area contributed by atoms with E-state index in [9.17, 15) is 4.79 Å². The first-order chi connectivity index (χ1) is 17.5. The number of benzene rings is 3. The second-order valence-corrected chi connectivity index (χ2v) is 8.63. The highest BCUT2D eigenvalue weighted by molar-refractivity contribution is 6.05. The fourth-order valence-electron chi connectivity index (χ4n) is 4.27. The molecule has 3 aromatic carbocycles. The number of pyridine rings is 1. The van der Waals surface area contributed by atoms with Gasteiger partial charge in [-0.05, 0) is 53.8 Å². The average Bonchev–Trinajstić information content (AvgIpc) is 3.32. The van der Waals surface area contributed by atoms with Crippen LogP contribution < -0.4 is 10.1 Å². The minimum Gasteiger partial charge on any atom is -0.496 e. The predicted octanol–water partition coefficient (Wildman–Crippen LogP) is 7.52. The van der Waals surface area contributed by atoms with Crippen molar-refractivity contribution in [2.24, 2.45) is 0 Å². The molecule has 1 amide bonds. The number of hydrogen-bond acceptors (Lipinski definition) is 4. The molecule has 0 unspecified atom stereocenters. The molecule has 0 aliphatic heterocycles. The van der Waals surface area contributed by atoms with Crippen LogP contribution >= 0.6 is 0 Å². The number of fused-ring (bicyclic) bond motifs is 1. The molecule has 0 atom stereocenters. The van der Waals surface area contributed by atoms with Crippen molar-refractivity contribution < 1.29 is 13.9 Å². The smallest absolute Gasteiger partial charge is 0.249 e. The lowest BCUT2D eigenvalue weighted by atomic mass is 9.97. The summed E-state index contributed by atoms with van der Waals surface area (Å²) in [6, 6.07) is 26.3. The van der Waals surface area contributed by atoms with Crippen LogP contribution in [-0.2, 0) is 4.79 Å². The van der Waals surface area contributed by atoms with E-state index < -0.39 is 0 Å². The van der Waals surface area contributed by atoms with Crippen molar-refractivity contribution in [2.75, 3.05) is 12.4 Å². The number of hydrogen-bond donors (Lipinski definition) is 1. The first kappa shape index (κ1) is 23.1. The van der Waals surface area contributed by atoms with Crippen molar-refractivity contribution in [3.63, 3.8) is 0 Å². The summed E-state index contributed by atoms with van der Waals surface area (Å²) in [5.41, 5.74) is 7.57. The molecule has 0 radical (unpaired) electrons. The molecule has 0 spiro atoms. The van der Waals surface area contributed by atoms with E-state index in [2.05, 4.69) is 46.7 Å². The average molecular weight is 475 g/mol. The summed E-state index contributed by atoms with van der Waals surface area (Å²) < 4.78 is 11.5. The van der Waals surface area contributed by atoms with Gasteiger partial charge in [0.2, 0.25) is 5.91 Å². The quantitative estimate of drug-likeness (QED) is 0.259. The van der Waals surface area contributed by atoms with E-state index in [1.165, 1.54) is 5.56 Å². The number of ether oxygens (including phenoxy) is 1. The van der Waals surface area contributed by atoms with Gasteiger partial charge in [0.1, 0.15) is 17.2 Å². The molecule has 36 heavy (non-hydrogen) atoms. The minimum absolute atomic E-state index is 0.250. The maximum Gasteiger partial charge on any atom is 0.249 e. The fourth-order valence-corrected chi connectivity index (χ4v) is 4.27. The first-order valence-electron chi connectivity index (χ1n) is 11.7. The van der Waals surface area contributed by atoms with E-state index in [1.807, 2.05) is 56.3 Å². The van der Waals surface area contributed by atoms with Gasteiger partial charge in [-0.1, -0.05) is 60.7 Å². The van der Waals surface area contributed by atoms with Crippen molar-refractivity contribution in [1.29, 1.82) is 0 Å². The first-order valence-corrected chi connectivity index (χ1v) is 11.7. The van der Waals surface area contributed by atoms with Gasteiger partial charge < -0.3 is 14.5 Å². The van der Waals surface area contributed by atoms with Gasteiger partial charge in [0.05, 0.1) is 13.4 Å². The Morgan fingerprint density at radius 2 is 1.67 bits per heavy atom. The zero-order valence-corrected chi connectivity index (χ0v) is 20.4. The molecule has 2 aromatic heterocycles. The number of rotatable bonds is 6. The van der Waals surface area contributed by atoms with E-state index >= 15 is 0 Å². The molecule has 0 saturated carbocycles. The number of amides is 1. The van der Waals surface area contributed by atoms with Crippen LogP contribution in [0.2, 0.25) is 0 Å². The van der Waals surface area contributed by atoms with Crippen LogP contribution in [0, 0.1) is 6.92 Å². The standard InChI is InChI=1S/C31H26N2O3/c1-20-8-7-15-32-31(20)33-30(34)16-21(2)25-17-26-27(19-36-29(26)18-28(25)35-3)24-13-11-23(12-14-24)22-9-5-4-6-10-22/h4-19H,1-3H3,(H,32,33,34)/b21-16+. The maximum absolute atomic E-state index is 12.7. The minimum atomic E-state index is -0.250. The molecule has 0 aliphatic rings. The molecular formula is C31H26N2O3. The van der Waals surface area contributed by atoms with Crippen molar-refractivity contribution in [3.05, 3.63) is 109 Å². The molecule has 5 nitrogen and oxygen atoms in total. The molecule has 178 valence electrons. The van der Waals surface area contributed by atoms with Gasteiger partial charge in [0.15, 0.2) is 0 Å². The number of anilines is 1. The van der Waals surface area contributed by atoms with Crippen LogP contribution in [0.5, 0.6) is 5.75 Å². The molecule has 5 rings (SSSR count). The van der Waals surface area contributed by atoms with Crippen LogP contribution in [0.1, 0.15) is 18.1 Å². The summed E-state index contributed by atoms with van der Waals surface area (Å²) in [7, 11) is 1.61. The largest absolute Gasteiger partial charge is 0.496 e. The van der Waals surface area contributed by atoms with Gasteiger partial charge in [-0.25, -0.2) is 4.98 Å². The monoisotopic (exact) mass is 474 g/mol. The van der Waals surface area contributed by atoms with E-state index in [-0.39, 0.29) is 5.91 Å². The summed E-state index contributed by atoms with van der Waals surface area (Å²) in [6.45, 7) is 3.80. The van der Waals surface area contributed by atoms with Crippen LogP contribution in [0.4, 0.5) is 5.82 Å². The third-order valence-electron chi connectivity index (χ3n) is 6.22. The molecule has 0 aliphatic carbocycles. The lowest BCUT2D eigenvalue weighted by molar-refractivity contribution is -0.111. The Morgan fingerprint density at radius 3 is 2.39 bits per heavy atom. The highest BCUT2D eigenvalue weighted by Crippen LogP contribution is 2.38. The van der Waals surface area contributed by atoms with E-state index in [1.54, 1.807) is 25.6 Å². The predicted molar refractivity (Wildman–Crippen MR) is 145 cm³/mol. The number of allylic oxidation sites excluding steroid dienone is 1. The molecule has 0 bridgehead atoms. The summed E-state index contributed by atoms with van der Waals surface area (Å²) in [5.74, 6) is 0.934. The highest BCUT2D eigenvalue weighted by atomic mass is 16.5. The molecule has 2 heterocycles. The van der Waals surface area contributed by atoms with Gasteiger partial charge in [-0.2, -0.15) is 0 Å². The normalized spacial score (nSPS) is 11.5. The van der Waals surface area contributed by atoms with Crippen molar-refractivity contribution in [2.45, 2.75) is 13.8 Å². The lowest BCUT2D eigenvalue weighted by Gasteiger charge is -2.11. The Bertz CT molecular complexity index is 1570. The Hall–Kier alpha value is -4.64. The zero-order valence-electron chi connectivity index (χ0n) is 20.4. The Morgan fingerprint density at radius 1 is 0.944 bits per heavy atom. The van der Waals surface area contributed by atoms with Gasteiger partial charge in [0, 0.05) is 34.9 Å². The van der Waals surface area contributed by atoms with Crippen molar-refractivity contribution in [3.8, 4) is 28.0 Å². The Balaban J connectivity index is 1.48. The molecule has 0 saturated heterocycles. The van der Waals surface area contributed by atoms with Gasteiger partial charge in [0.25, 0.3) is 0 Å². The van der Waals surface area contributed by atoms with Crippen LogP contribution in [0.15, 0.2) is 102 Å². The molecule has 1 N–H and O–H groups in total. The third kappa shape index (κ3) is 4.64. The third-order valence-corrected chi connectivity index (χ3v) is 6.22. The summed E-state index contributed by atoms with van der Waals surface area (Å²) >= 11 is 0. The van der Waals surface area contributed by atoms with Crippen LogP contribution in [0.25, 0.3) is 38.8 Å². The number of aromatic nitrogens is 1. The SMILES string of the molecule is COc1cc2occ(-c3ccc(-c4ccccc4)cc3)c2cc1/C(C)=C/C(=O)Nc1ncccc1C. The number of carbonyl (C=O) groups is 1. The van der Waals surface area contributed by atoms with Crippen LogP contribution in [-0.4, -0.2) is 18.0 Å². The van der Waals surface area contributed by atoms with Crippen molar-refractivity contribution >= 4 is 28.3 Å². The molecule has 0 fully saturated rings. The van der Waals surface area contributed by atoms with Gasteiger partial charge in [-0.15, -0.1) is 0 Å². The summed E-state index contributed by atoms with van der Waals surface area (Å²) in [4.78, 5) is 17.0. The number of methoxy groups -OCH3 is 1. The number of nitrogens with one attached hydrogen (secondary N) is 1. The summed E-state index contributed by atoms with van der Waals surface area (Å²) in [6.07, 6.45) is 4.98. The zero-order chi connectivity index (χ0) is 25.1. The molecule has 5 heteroatoms. The Kier molecular flexibility index (Phi) is 6.37. The maximum atomic E-state index is 12.7. The second-order valence-electron chi connectivity index (χ2n) is 8.63. The fraction of sp³-hybridized carbons (Fsp3) is 0.0968. The molecule has 5 aromatic rings. The number of nitrogens with zero attached hydrogens (tertiary/aromatic N) is 1. The summed E-state index contributed by atoms with van der Waals surface area (Å²) in [5, 5.41) is 3.80. The number of furan rings is 1. The lowest BCUT2D eigenvalue weighted by Crippen LogP contribution is -2.11. The van der Waals surface area contributed by atoms with E-state index in [0.717, 1.165) is 44.4 Å². The van der Waals surface area contributed by atoms with Gasteiger partial charge >= 0.3 is 0 Å². The van der Waals surface area contributed by atoms with E-state index in [4.69, 9.17) is 9.15 Å². The van der Waals surface area contributed by atoms with Crippen LogP contribution in [0.3, 0.4) is 0 Å². The topological polar surface area (TPSA) is 64.4 Å². The Labute approximate surface area is 210 Å². The highest BCUT2D eigenvalue weighted by Gasteiger charge is 2.15. The van der Waals surface area contributed by atoms with E-state index in [0.29, 0.717) is 11.6 Å². The van der Waals surface area contributed by atoms with Gasteiger partial charge in [-0.3, -0.25) is 4.79 Å². The number of aryl methyl sites for hydroxylation is 1.